The zero-order chi connectivity index (χ0) is 14.1. The van der Waals surface area contributed by atoms with Crippen molar-refractivity contribution in [3.05, 3.63) is 57.3 Å². The Kier molecular flexibility index (Phi) is 3.74. The van der Waals surface area contributed by atoms with Gasteiger partial charge in [-0.3, -0.25) is 4.57 Å². The minimum Gasteiger partial charge on any atom is -0.380 e. The van der Waals surface area contributed by atoms with Crippen molar-refractivity contribution in [2.75, 3.05) is 7.11 Å². The second-order valence-corrected chi connectivity index (χ2v) is 5.83. The zero-order valence-corrected chi connectivity index (χ0v) is 13.3. The van der Waals surface area contributed by atoms with E-state index in [4.69, 9.17) is 17.0 Å². The summed E-state index contributed by atoms with van der Waals surface area (Å²) in [7, 11) is 1.70. The van der Waals surface area contributed by atoms with E-state index in [1.54, 1.807) is 7.11 Å². The highest BCUT2D eigenvalue weighted by Crippen LogP contribution is 2.23. The number of imidazole rings is 1. The molecule has 3 nitrogen and oxygen atoms in total. The molecule has 2 aromatic carbocycles. The average Bonchev–Trinajstić information content (AvgIpc) is 2.75. The first-order chi connectivity index (χ1) is 9.69. The number of aromatic amines is 1. The van der Waals surface area contributed by atoms with Crippen LogP contribution in [0, 0.1) is 4.77 Å². The van der Waals surface area contributed by atoms with Gasteiger partial charge in [0.15, 0.2) is 4.77 Å². The van der Waals surface area contributed by atoms with Gasteiger partial charge in [-0.2, -0.15) is 0 Å². The molecular formula is C15H13BrN2OS. The Bertz CT molecular complexity index is 822. The molecule has 0 saturated carbocycles. The second-order valence-electron chi connectivity index (χ2n) is 4.53. The number of rotatable bonds is 3. The van der Waals surface area contributed by atoms with Gasteiger partial charge < -0.3 is 9.72 Å². The van der Waals surface area contributed by atoms with Crippen LogP contribution >= 0.6 is 28.1 Å². The molecule has 1 heterocycles. The minimum atomic E-state index is 0.590. The summed E-state index contributed by atoms with van der Waals surface area (Å²) >= 11 is 8.95. The molecule has 3 aromatic rings. The monoisotopic (exact) mass is 348 g/mol. The third kappa shape index (κ3) is 2.44. The Morgan fingerprint density at radius 2 is 2.10 bits per heavy atom. The van der Waals surface area contributed by atoms with Gasteiger partial charge in [-0.25, -0.2) is 0 Å². The van der Waals surface area contributed by atoms with Crippen molar-refractivity contribution in [2.45, 2.75) is 6.61 Å². The van der Waals surface area contributed by atoms with Gasteiger partial charge in [0, 0.05) is 17.3 Å². The largest absolute Gasteiger partial charge is 0.380 e. The van der Waals surface area contributed by atoms with E-state index in [1.165, 1.54) is 0 Å². The second kappa shape index (κ2) is 5.52. The van der Waals surface area contributed by atoms with Crippen LogP contribution in [-0.4, -0.2) is 16.7 Å². The standard InChI is InChI=1S/C15H13BrN2OS/c1-19-9-10-3-2-4-12(7-10)18-14-8-11(16)5-6-13(14)17-15(18)20/h2-8H,9H2,1H3,(H,17,20). The molecule has 0 spiro atoms. The Morgan fingerprint density at radius 3 is 2.90 bits per heavy atom. The summed E-state index contributed by atoms with van der Waals surface area (Å²) in [5.41, 5.74) is 4.24. The fourth-order valence-electron chi connectivity index (χ4n) is 2.28. The third-order valence-corrected chi connectivity index (χ3v) is 3.90. The van der Waals surface area contributed by atoms with Crippen LogP contribution in [0.4, 0.5) is 0 Å². The lowest BCUT2D eigenvalue weighted by atomic mass is 10.2. The van der Waals surface area contributed by atoms with Crippen LogP contribution < -0.4 is 0 Å². The number of H-pyrrole nitrogens is 1. The number of benzene rings is 2. The maximum Gasteiger partial charge on any atom is 0.182 e. The lowest BCUT2D eigenvalue weighted by molar-refractivity contribution is 0.185. The van der Waals surface area contributed by atoms with E-state index < -0.39 is 0 Å². The molecule has 20 heavy (non-hydrogen) atoms. The highest BCUT2D eigenvalue weighted by Gasteiger charge is 2.07. The highest BCUT2D eigenvalue weighted by molar-refractivity contribution is 9.10. The minimum absolute atomic E-state index is 0.590. The number of hydrogen-bond acceptors (Lipinski definition) is 2. The van der Waals surface area contributed by atoms with Crippen molar-refractivity contribution >= 4 is 39.2 Å². The molecule has 0 atom stereocenters. The van der Waals surface area contributed by atoms with Crippen LogP contribution in [0.15, 0.2) is 46.9 Å². The molecule has 0 radical (unpaired) electrons. The average molecular weight is 349 g/mol. The molecule has 0 aliphatic carbocycles. The van der Waals surface area contributed by atoms with Crippen molar-refractivity contribution in [2.24, 2.45) is 0 Å². The topological polar surface area (TPSA) is 29.9 Å². The van der Waals surface area contributed by atoms with E-state index >= 15 is 0 Å². The van der Waals surface area contributed by atoms with Crippen LogP contribution in [0.1, 0.15) is 5.56 Å². The maximum atomic E-state index is 5.45. The van der Waals surface area contributed by atoms with Crippen LogP contribution in [0.5, 0.6) is 0 Å². The van der Waals surface area contributed by atoms with Gasteiger partial charge in [-0.15, -0.1) is 0 Å². The predicted molar refractivity (Wildman–Crippen MR) is 86.9 cm³/mol. The van der Waals surface area contributed by atoms with Crippen LogP contribution in [0.2, 0.25) is 0 Å². The predicted octanol–water partition coefficient (Wildman–Crippen LogP) is 4.60. The molecule has 0 amide bonds. The summed E-state index contributed by atoms with van der Waals surface area (Å²) < 4.78 is 8.94. The molecule has 1 N–H and O–H groups in total. The van der Waals surface area contributed by atoms with Crippen molar-refractivity contribution in [3.8, 4) is 5.69 Å². The first-order valence-corrected chi connectivity index (χ1v) is 7.38. The van der Waals surface area contributed by atoms with Gasteiger partial charge in [0.05, 0.1) is 17.6 Å². The Hall–Kier alpha value is -1.43. The van der Waals surface area contributed by atoms with E-state index in [2.05, 4.69) is 33.0 Å². The zero-order valence-electron chi connectivity index (χ0n) is 10.9. The number of ether oxygens (including phenoxy) is 1. The first kappa shape index (κ1) is 13.5. The molecule has 102 valence electrons. The fourth-order valence-corrected chi connectivity index (χ4v) is 2.95. The summed E-state index contributed by atoms with van der Waals surface area (Å²) in [6.45, 7) is 0.590. The molecule has 0 bridgehead atoms. The van der Waals surface area contributed by atoms with E-state index in [0.717, 1.165) is 26.8 Å². The smallest absolute Gasteiger partial charge is 0.182 e. The molecule has 5 heteroatoms. The summed E-state index contributed by atoms with van der Waals surface area (Å²) in [5.74, 6) is 0. The maximum absolute atomic E-state index is 5.45. The first-order valence-electron chi connectivity index (χ1n) is 6.17. The number of fused-ring (bicyclic) bond motifs is 1. The van der Waals surface area contributed by atoms with Gasteiger partial charge in [0.25, 0.3) is 0 Å². The van der Waals surface area contributed by atoms with E-state index in [0.29, 0.717) is 11.4 Å². The lowest BCUT2D eigenvalue weighted by Crippen LogP contribution is -1.96. The molecule has 0 aliphatic heterocycles. The fraction of sp³-hybridized carbons (Fsp3) is 0.133. The number of nitrogens with zero attached hydrogens (tertiary/aromatic N) is 1. The van der Waals surface area contributed by atoms with E-state index in [1.807, 2.05) is 34.9 Å². The van der Waals surface area contributed by atoms with E-state index in [-0.39, 0.29) is 0 Å². The van der Waals surface area contributed by atoms with Crippen molar-refractivity contribution < 1.29 is 4.74 Å². The molecule has 0 aliphatic rings. The molecule has 1 aromatic heterocycles. The van der Waals surface area contributed by atoms with Crippen LogP contribution in [-0.2, 0) is 11.3 Å². The SMILES string of the molecule is COCc1cccc(-n2c(=S)[nH]c3ccc(Br)cc32)c1. The van der Waals surface area contributed by atoms with Gasteiger partial charge in [-0.1, -0.05) is 28.1 Å². The Morgan fingerprint density at radius 1 is 1.25 bits per heavy atom. The molecular weight excluding hydrogens is 336 g/mol. The van der Waals surface area contributed by atoms with Gasteiger partial charge >= 0.3 is 0 Å². The van der Waals surface area contributed by atoms with Crippen molar-refractivity contribution in [3.63, 3.8) is 0 Å². The lowest BCUT2D eigenvalue weighted by Gasteiger charge is -2.07. The summed E-state index contributed by atoms with van der Waals surface area (Å²) in [6, 6.07) is 14.3. The van der Waals surface area contributed by atoms with Gasteiger partial charge in [0.1, 0.15) is 0 Å². The van der Waals surface area contributed by atoms with Crippen molar-refractivity contribution in [1.82, 2.24) is 9.55 Å². The number of aromatic nitrogens is 2. The number of hydrogen-bond donors (Lipinski definition) is 1. The molecule has 0 saturated heterocycles. The third-order valence-electron chi connectivity index (χ3n) is 3.13. The molecule has 3 rings (SSSR count). The normalized spacial score (nSPS) is 11.1. The summed E-state index contributed by atoms with van der Waals surface area (Å²) in [6.07, 6.45) is 0. The quantitative estimate of drug-likeness (QED) is 0.701. The number of nitrogens with one attached hydrogen (secondary N) is 1. The van der Waals surface area contributed by atoms with Crippen LogP contribution in [0.3, 0.4) is 0 Å². The number of methoxy groups -OCH3 is 1. The van der Waals surface area contributed by atoms with Crippen molar-refractivity contribution in [1.29, 1.82) is 0 Å². The molecule has 0 fully saturated rings. The van der Waals surface area contributed by atoms with E-state index in [9.17, 15) is 0 Å². The Balaban J connectivity index is 2.23. The van der Waals surface area contributed by atoms with Crippen LogP contribution in [0.25, 0.3) is 16.7 Å². The number of halogens is 1. The molecule has 0 unspecified atom stereocenters. The summed E-state index contributed by atoms with van der Waals surface area (Å²) in [4.78, 5) is 3.23. The van der Waals surface area contributed by atoms with Gasteiger partial charge in [0.2, 0.25) is 0 Å². The Labute approximate surface area is 130 Å². The van der Waals surface area contributed by atoms with Gasteiger partial charge in [-0.05, 0) is 48.1 Å². The highest BCUT2D eigenvalue weighted by atomic mass is 79.9. The summed E-state index contributed by atoms with van der Waals surface area (Å²) in [5, 5.41) is 0.